The molecule has 0 saturated carbocycles. The molecule has 2 aromatic heterocycles. The van der Waals surface area contributed by atoms with Gasteiger partial charge in [-0.2, -0.15) is 0 Å². The van der Waals surface area contributed by atoms with Crippen molar-refractivity contribution in [3.8, 4) is 5.75 Å². The summed E-state index contributed by atoms with van der Waals surface area (Å²) >= 11 is 1.28. The second kappa shape index (κ2) is 12.7. The van der Waals surface area contributed by atoms with Crippen LogP contribution in [0.25, 0.3) is 0 Å². The molecule has 8 nitrogen and oxygen atoms in total. The Morgan fingerprint density at radius 2 is 1.76 bits per heavy atom. The summed E-state index contributed by atoms with van der Waals surface area (Å²) in [7, 11) is 0. The third-order valence-corrected chi connectivity index (χ3v) is 6.62. The van der Waals surface area contributed by atoms with Crippen molar-refractivity contribution in [1.82, 2.24) is 10.6 Å². The van der Waals surface area contributed by atoms with Crippen molar-refractivity contribution in [3.05, 3.63) is 106 Å². The molecule has 196 valence electrons. The second-order valence-electron chi connectivity index (χ2n) is 8.43. The first-order valence-corrected chi connectivity index (χ1v) is 13.1. The standard InChI is InChI=1S/C29H29N3O5S/c1-3-36-24-10-5-4-9-23(24)32(26(33)19-31-28(34)25-11-7-17-38-25)27(21-14-12-20(2)13-15-21)29(35)30-18-22-8-6-16-37-22/h4-17,27H,3,18-19H2,1-2H3,(H,30,35)(H,31,34)/t27-/m1/s1. The van der Waals surface area contributed by atoms with Crippen LogP contribution in [0.4, 0.5) is 5.69 Å². The molecule has 0 unspecified atom stereocenters. The number of carbonyl (C=O) groups excluding carboxylic acids is 3. The van der Waals surface area contributed by atoms with Crippen LogP contribution in [-0.2, 0) is 16.1 Å². The molecule has 0 saturated heterocycles. The predicted octanol–water partition coefficient (Wildman–Crippen LogP) is 4.87. The molecular formula is C29H29N3O5S. The van der Waals surface area contributed by atoms with Crippen molar-refractivity contribution in [2.24, 2.45) is 0 Å². The van der Waals surface area contributed by atoms with Crippen molar-refractivity contribution in [1.29, 1.82) is 0 Å². The lowest BCUT2D eigenvalue weighted by molar-refractivity contribution is -0.126. The lowest BCUT2D eigenvalue weighted by Crippen LogP contribution is -2.47. The van der Waals surface area contributed by atoms with Gasteiger partial charge in [0.05, 0.1) is 36.5 Å². The number of nitrogens with zero attached hydrogens (tertiary/aromatic N) is 1. The smallest absolute Gasteiger partial charge is 0.261 e. The van der Waals surface area contributed by atoms with E-state index in [4.69, 9.17) is 9.15 Å². The van der Waals surface area contributed by atoms with Gasteiger partial charge in [0.1, 0.15) is 17.6 Å². The first-order valence-electron chi connectivity index (χ1n) is 12.2. The van der Waals surface area contributed by atoms with Gasteiger partial charge in [-0.25, -0.2) is 0 Å². The van der Waals surface area contributed by atoms with Crippen LogP contribution in [0.1, 0.15) is 39.5 Å². The third kappa shape index (κ3) is 6.49. The average Bonchev–Trinajstić information content (AvgIpc) is 3.65. The zero-order valence-electron chi connectivity index (χ0n) is 21.2. The summed E-state index contributed by atoms with van der Waals surface area (Å²) in [6, 6.07) is 20.4. The fourth-order valence-corrected chi connectivity index (χ4v) is 4.58. The van der Waals surface area contributed by atoms with Crippen molar-refractivity contribution in [2.75, 3.05) is 18.1 Å². The molecule has 2 heterocycles. The minimum atomic E-state index is -1.04. The summed E-state index contributed by atoms with van der Waals surface area (Å²) in [5, 5.41) is 7.37. The lowest BCUT2D eigenvalue weighted by Gasteiger charge is -2.32. The van der Waals surface area contributed by atoms with Gasteiger partial charge in [0.15, 0.2) is 0 Å². The summed E-state index contributed by atoms with van der Waals surface area (Å²) in [6.07, 6.45) is 1.53. The van der Waals surface area contributed by atoms with Gasteiger partial charge in [0, 0.05) is 0 Å². The summed E-state index contributed by atoms with van der Waals surface area (Å²) in [6.45, 7) is 4.00. The largest absolute Gasteiger partial charge is 0.492 e. The summed E-state index contributed by atoms with van der Waals surface area (Å²) in [5.41, 5.74) is 2.04. The van der Waals surface area contributed by atoms with Crippen LogP contribution < -0.4 is 20.3 Å². The van der Waals surface area contributed by atoms with Crippen LogP contribution in [0.15, 0.2) is 88.9 Å². The minimum Gasteiger partial charge on any atom is -0.492 e. The number of anilines is 1. The summed E-state index contributed by atoms with van der Waals surface area (Å²) in [5.74, 6) is -0.212. The van der Waals surface area contributed by atoms with Crippen molar-refractivity contribution in [3.63, 3.8) is 0 Å². The highest BCUT2D eigenvalue weighted by molar-refractivity contribution is 7.12. The Bertz CT molecular complexity index is 1350. The summed E-state index contributed by atoms with van der Waals surface area (Å²) < 4.78 is 11.2. The minimum absolute atomic E-state index is 0.151. The number of aryl methyl sites for hydroxylation is 1. The highest BCUT2D eigenvalue weighted by Gasteiger charge is 2.34. The van der Waals surface area contributed by atoms with Crippen LogP contribution >= 0.6 is 11.3 Å². The third-order valence-electron chi connectivity index (χ3n) is 5.76. The van der Waals surface area contributed by atoms with Gasteiger partial charge in [-0.1, -0.05) is 48.0 Å². The van der Waals surface area contributed by atoms with Crippen molar-refractivity contribution < 1.29 is 23.5 Å². The fourth-order valence-electron chi connectivity index (χ4n) is 3.94. The molecule has 4 rings (SSSR count). The van der Waals surface area contributed by atoms with E-state index in [0.717, 1.165) is 5.56 Å². The predicted molar refractivity (Wildman–Crippen MR) is 146 cm³/mol. The lowest BCUT2D eigenvalue weighted by atomic mass is 10.0. The Hall–Kier alpha value is -4.37. The van der Waals surface area contributed by atoms with E-state index in [1.54, 1.807) is 53.9 Å². The van der Waals surface area contributed by atoms with Gasteiger partial charge in [0.2, 0.25) is 11.8 Å². The number of rotatable bonds is 11. The average molecular weight is 532 g/mol. The molecule has 38 heavy (non-hydrogen) atoms. The molecule has 9 heteroatoms. The molecular weight excluding hydrogens is 502 g/mol. The summed E-state index contributed by atoms with van der Waals surface area (Å²) in [4.78, 5) is 42.1. The maximum atomic E-state index is 13.9. The molecule has 0 spiro atoms. The molecule has 2 aromatic carbocycles. The number of ether oxygens (including phenoxy) is 1. The first-order chi connectivity index (χ1) is 18.5. The molecule has 0 aliphatic carbocycles. The van der Waals surface area contributed by atoms with E-state index in [-0.39, 0.29) is 19.0 Å². The molecule has 0 radical (unpaired) electrons. The van der Waals surface area contributed by atoms with Gasteiger partial charge in [-0.15, -0.1) is 11.3 Å². The SMILES string of the molecule is CCOc1ccccc1N(C(=O)CNC(=O)c1cccs1)[C@@H](C(=O)NCc1ccco1)c1ccc(C)cc1. The van der Waals surface area contributed by atoms with E-state index in [0.29, 0.717) is 34.2 Å². The first kappa shape index (κ1) is 26.7. The quantitative estimate of drug-likeness (QED) is 0.288. The number of benzene rings is 2. The number of thiophene rings is 1. The molecule has 1 atom stereocenters. The maximum Gasteiger partial charge on any atom is 0.261 e. The van der Waals surface area contributed by atoms with Gasteiger partial charge in [-0.3, -0.25) is 19.3 Å². The van der Waals surface area contributed by atoms with Crippen LogP contribution in [-0.4, -0.2) is 30.9 Å². The van der Waals surface area contributed by atoms with Crippen LogP contribution in [0.3, 0.4) is 0 Å². The van der Waals surface area contributed by atoms with Crippen LogP contribution in [0.5, 0.6) is 5.75 Å². The maximum absolute atomic E-state index is 13.9. The van der Waals surface area contributed by atoms with Gasteiger partial charge >= 0.3 is 0 Å². The molecule has 2 N–H and O–H groups in total. The number of furan rings is 1. The highest BCUT2D eigenvalue weighted by atomic mass is 32.1. The molecule has 0 aliphatic rings. The number of amides is 3. The van der Waals surface area contributed by atoms with E-state index in [1.807, 2.05) is 38.1 Å². The number of nitrogens with one attached hydrogen (secondary N) is 2. The Morgan fingerprint density at radius 3 is 2.45 bits per heavy atom. The Morgan fingerprint density at radius 1 is 0.974 bits per heavy atom. The topological polar surface area (TPSA) is 101 Å². The molecule has 4 aromatic rings. The zero-order valence-corrected chi connectivity index (χ0v) is 22.0. The fraction of sp³-hybridized carbons (Fsp3) is 0.207. The highest BCUT2D eigenvalue weighted by Crippen LogP contribution is 2.35. The van der Waals surface area contributed by atoms with Crippen LogP contribution in [0.2, 0.25) is 0 Å². The Balaban J connectivity index is 1.72. The Kier molecular flexibility index (Phi) is 8.94. The molecule has 0 bridgehead atoms. The number of para-hydroxylation sites is 2. The van der Waals surface area contributed by atoms with E-state index < -0.39 is 17.9 Å². The van der Waals surface area contributed by atoms with E-state index in [9.17, 15) is 14.4 Å². The number of hydrogen-bond acceptors (Lipinski definition) is 6. The second-order valence-corrected chi connectivity index (χ2v) is 9.38. The molecule has 0 fully saturated rings. The molecule has 3 amide bonds. The van der Waals surface area contributed by atoms with Gasteiger partial charge in [0.25, 0.3) is 5.91 Å². The zero-order chi connectivity index (χ0) is 26.9. The van der Waals surface area contributed by atoms with Crippen molar-refractivity contribution >= 4 is 34.7 Å². The molecule has 0 aliphatic heterocycles. The van der Waals surface area contributed by atoms with Gasteiger partial charge < -0.3 is 19.8 Å². The van der Waals surface area contributed by atoms with E-state index >= 15 is 0 Å². The van der Waals surface area contributed by atoms with Crippen molar-refractivity contribution in [2.45, 2.75) is 26.4 Å². The van der Waals surface area contributed by atoms with Crippen LogP contribution in [0, 0.1) is 6.92 Å². The van der Waals surface area contributed by atoms with E-state index in [1.165, 1.54) is 22.5 Å². The number of hydrogen-bond donors (Lipinski definition) is 2. The Labute approximate surface area is 225 Å². The normalized spacial score (nSPS) is 11.4. The van der Waals surface area contributed by atoms with E-state index in [2.05, 4.69) is 10.6 Å². The monoisotopic (exact) mass is 531 g/mol. The van der Waals surface area contributed by atoms with Gasteiger partial charge in [-0.05, 0) is 55.1 Å². The number of carbonyl (C=O) groups is 3.